The summed E-state index contributed by atoms with van der Waals surface area (Å²) in [7, 11) is 1.92. The maximum Gasteiger partial charge on any atom is 0.252 e. The van der Waals surface area contributed by atoms with E-state index < -0.39 is 0 Å². The Balaban J connectivity index is 0.00000242. The van der Waals surface area contributed by atoms with Crippen molar-refractivity contribution in [1.29, 1.82) is 0 Å². The molecule has 120 valence electrons. The first-order valence-corrected chi connectivity index (χ1v) is 8.85. The van der Waals surface area contributed by atoms with Crippen molar-refractivity contribution in [2.24, 2.45) is 0 Å². The van der Waals surface area contributed by atoms with Crippen LogP contribution in [0, 0.1) is 0 Å². The van der Waals surface area contributed by atoms with Crippen LogP contribution >= 0.6 is 35.5 Å². The summed E-state index contributed by atoms with van der Waals surface area (Å²) in [6, 6.07) is 12.0. The van der Waals surface area contributed by atoms with Crippen molar-refractivity contribution >= 4 is 41.4 Å². The number of amides is 1. The molecule has 0 atom stereocenters. The normalized spacial score (nSPS) is 10.0. The van der Waals surface area contributed by atoms with Crippen molar-refractivity contribution in [2.45, 2.75) is 17.1 Å². The standard InChI is InChI=1S/C16H20N2OS2.ClH/c1-17-9-5-10-18-16(19)14-7-2-3-8-15(14)21-12-13-6-4-11-20-13;/h2-4,6-8,11,17H,5,9-10,12H2,1H3,(H,18,19);1H. The van der Waals surface area contributed by atoms with Gasteiger partial charge in [-0.3, -0.25) is 4.79 Å². The van der Waals surface area contributed by atoms with Crippen LogP contribution in [0.3, 0.4) is 0 Å². The number of halogens is 1. The van der Waals surface area contributed by atoms with E-state index in [0.717, 1.165) is 29.2 Å². The monoisotopic (exact) mass is 356 g/mol. The lowest BCUT2D eigenvalue weighted by atomic mass is 10.2. The van der Waals surface area contributed by atoms with E-state index in [2.05, 4.69) is 28.1 Å². The van der Waals surface area contributed by atoms with Gasteiger partial charge in [0.1, 0.15) is 0 Å². The second-order valence-corrected chi connectivity index (χ2v) is 6.63. The van der Waals surface area contributed by atoms with Crippen LogP contribution in [-0.2, 0) is 5.75 Å². The summed E-state index contributed by atoms with van der Waals surface area (Å²) in [4.78, 5) is 14.6. The predicted octanol–water partition coefficient (Wildman–Crippen LogP) is 3.80. The van der Waals surface area contributed by atoms with E-state index in [1.165, 1.54) is 4.88 Å². The van der Waals surface area contributed by atoms with Crippen LogP contribution in [-0.4, -0.2) is 26.0 Å². The van der Waals surface area contributed by atoms with Gasteiger partial charge in [0, 0.05) is 22.1 Å². The highest BCUT2D eigenvalue weighted by Crippen LogP contribution is 2.27. The summed E-state index contributed by atoms with van der Waals surface area (Å²) in [5, 5.41) is 8.13. The summed E-state index contributed by atoms with van der Waals surface area (Å²) < 4.78 is 0. The number of hydrogen-bond donors (Lipinski definition) is 2. The zero-order chi connectivity index (χ0) is 14.9. The average Bonchev–Trinajstić information content (AvgIpc) is 3.03. The molecule has 3 nitrogen and oxygen atoms in total. The highest BCUT2D eigenvalue weighted by molar-refractivity contribution is 7.98. The largest absolute Gasteiger partial charge is 0.352 e. The SMILES string of the molecule is CNCCCNC(=O)c1ccccc1SCc1cccs1.Cl. The molecular formula is C16H21ClN2OS2. The quantitative estimate of drug-likeness (QED) is 0.558. The Labute approximate surface area is 146 Å². The Hall–Kier alpha value is -1.01. The Bertz CT molecular complexity index is 561. The average molecular weight is 357 g/mol. The van der Waals surface area contributed by atoms with Gasteiger partial charge >= 0.3 is 0 Å². The van der Waals surface area contributed by atoms with Crippen molar-refractivity contribution < 1.29 is 4.79 Å². The summed E-state index contributed by atoms with van der Waals surface area (Å²) in [5.74, 6) is 0.919. The molecule has 2 N–H and O–H groups in total. The fraction of sp³-hybridized carbons (Fsp3) is 0.312. The molecule has 6 heteroatoms. The first-order chi connectivity index (χ1) is 10.3. The van der Waals surface area contributed by atoms with Gasteiger partial charge in [0.2, 0.25) is 0 Å². The molecule has 0 aliphatic rings. The molecule has 1 amide bonds. The van der Waals surface area contributed by atoms with E-state index in [1.807, 2.05) is 31.3 Å². The number of carbonyl (C=O) groups is 1. The highest BCUT2D eigenvalue weighted by atomic mass is 35.5. The van der Waals surface area contributed by atoms with Crippen LogP contribution in [0.2, 0.25) is 0 Å². The predicted molar refractivity (Wildman–Crippen MR) is 98.4 cm³/mol. The van der Waals surface area contributed by atoms with Crippen LogP contribution in [0.5, 0.6) is 0 Å². The fourth-order valence-electron chi connectivity index (χ4n) is 1.89. The molecule has 2 aromatic rings. The molecule has 0 unspecified atom stereocenters. The zero-order valence-electron chi connectivity index (χ0n) is 12.5. The second-order valence-electron chi connectivity index (χ2n) is 4.58. The summed E-state index contributed by atoms with van der Waals surface area (Å²) in [6.45, 7) is 1.61. The maximum absolute atomic E-state index is 12.2. The minimum atomic E-state index is 0. The van der Waals surface area contributed by atoms with Gasteiger partial charge in [-0.2, -0.15) is 0 Å². The third kappa shape index (κ3) is 6.01. The molecule has 0 saturated heterocycles. The number of thioether (sulfide) groups is 1. The van der Waals surface area contributed by atoms with Gasteiger partial charge in [0.05, 0.1) is 5.56 Å². The molecule has 0 fully saturated rings. The van der Waals surface area contributed by atoms with Crippen molar-refractivity contribution in [3.63, 3.8) is 0 Å². The van der Waals surface area contributed by atoms with E-state index >= 15 is 0 Å². The lowest BCUT2D eigenvalue weighted by molar-refractivity contribution is 0.0950. The van der Waals surface area contributed by atoms with Crippen LogP contribution in [0.1, 0.15) is 21.7 Å². The second kappa shape index (κ2) is 10.7. The third-order valence-electron chi connectivity index (χ3n) is 2.97. The number of benzene rings is 1. The van der Waals surface area contributed by atoms with E-state index in [4.69, 9.17) is 0 Å². The topological polar surface area (TPSA) is 41.1 Å². The Morgan fingerprint density at radius 1 is 1.18 bits per heavy atom. The van der Waals surface area contributed by atoms with Crippen molar-refractivity contribution in [2.75, 3.05) is 20.1 Å². The van der Waals surface area contributed by atoms with Crippen LogP contribution in [0.4, 0.5) is 0 Å². The lowest BCUT2D eigenvalue weighted by Crippen LogP contribution is -2.27. The number of carbonyl (C=O) groups excluding carboxylic acids is 1. The molecule has 1 aromatic heterocycles. The number of nitrogens with one attached hydrogen (secondary N) is 2. The van der Waals surface area contributed by atoms with Crippen LogP contribution < -0.4 is 10.6 Å². The molecule has 0 aliphatic carbocycles. The van der Waals surface area contributed by atoms with Gasteiger partial charge in [0.15, 0.2) is 0 Å². The summed E-state index contributed by atoms with van der Waals surface area (Å²) in [5.41, 5.74) is 0.767. The molecule has 0 spiro atoms. The third-order valence-corrected chi connectivity index (χ3v) is 5.15. The van der Waals surface area contributed by atoms with Crippen LogP contribution in [0.25, 0.3) is 0 Å². The number of rotatable bonds is 8. The molecule has 22 heavy (non-hydrogen) atoms. The first-order valence-electron chi connectivity index (χ1n) is 6.98. The maximum atomic E-state index is 12.2. The van der Waals surface area contributed by atoms with E-state index in [0.29, 0.717) is 6.54 Å². The molecular weight excluding hydrogens is 336 g/mol. The number of hydrogen-bond acceptors (Lipinski definition) is 4. The molecule has 0 radical (unpaired) electrons. The fourth-order valence-corrected chi connectivity index (χ4v) is 3.71. The van der Waals surface area contributed by atoms with E-state index in [1.54, 1.807) is 23.1 Å². The van der Waals surface area contributed by atoms with Crippen molar-refractivity contribution in [3.05, 3.63) is 52.2 Å². The van der Waals surface area contributed by atoms with Gasteiger partial charge in [-0.1, -0.05) is 18.2 Å². The summed E-state index contributed by atoms with van der Waals surface area (Å²) >= 11 is 3.46. The van der Waals surface area contributed by atoms with Gasteiger partial charge in [-0.15, -0.1) is 35.5 Å². The molecule has 1 aromatic carbocycles. The zero-order valence-corrected chi connectivity index (χ0v) is 15.0. The minimum Gasteiger partial charge on any atom is -0.352 e. The highest BCUT2D eigenvalue weighted by Gasteiger charge is 2.10. The minimum absolute atomic E-state index is 0. The lowest BCUT2D eigenvalue weighted by Gasteiger charge is -2.09. The molecule has 0 saturated carbocycles. The Morgan fingerprint density at radius 3 is 2.73 bits per heavy atom. The Morgan fingerprint density at radius 2 is 2.00 bits per heavy atom. The molecule has 0 bridgehead atoms. The van der Waals surface area contributed by atoms with Gasteiger partial charge in [0.25, 0.3) is 5.91 Å². The van der Waals surface area contributed by atoms with E-state index in [-0.39, 0.29) is 18.3 Å². The Kier molecular flexibility index (Phi) is 9.24. The van der Waals surface area contributed by atoms with Crippen molar-refractivity contribution in [1.82, 2.24) is 10.6 Å². The molecule has 1 heterocycles. The summed E-state index contributed by atoms with van der Waals surface area (Å²) in [6.07, 6.45) is 0.937. The molecule has 0 aliphatic heterocycles. The van der Waals surface area contributed by atoms with Crippen molar-refractivity contribution in [3.8, 4) is 0 Å². The van der Waals surface area contributed by atoms with Gasteiger partial charge in [-0.05, 0) is 43.6 Å². The number of thiophene rings is 1. The van der Waals surface area contributed by atoms with Crippen LogP contribution in [0.15, 0.2) is 46.7 Å². The van der Waals surface area contributed by atoms with Gasteiger partial charge < -0.3 is 10.6 Å². The smallest absolute Gasteiger partial charge is 0.252 e. The van der Waals surface area contributed by atoms with E-state index in [9.17, 15) is 4.79 Å². The van der Waals surface area contributed by atoms with Gasteiger partial charge in [-0.25, -0.2) is 0 Å². The molecule has 2 rings (SSSR count). The first kappa shape index (κ1) is 19.0.